The average Bonchev–Trinajstić information content (AvgIpc) is 2.28. The third-order valence-corrected chi connectivity index (χ3v) is 2.63. The highest BCUT2D eigenvalue weighted by atomic mass is 16.5. The fraction of sp³-hybridized carbons (Fsp3) is 0.429. The van der Waals surface area contributed by atoms with Gasteiger partial charge in [-0.05, 0) is 37.0 Å². The maximum Gasteiger partial charge on any atom is 0.119 e. The highest BCUT2D eigenvalue weighted by Crippen LogP contribution is 2.16. The van der Waals surface area contributed by atoms with Crippen molar-refractivity contribution in [1.82, 2.24) is 0 Å². The van der Waals surface area contributed by atoms with E-state index in [9.17, 15) is 5.11 Å². The van der Waals surface area contributed by atoms with Crippen molar-refractivity contribution in [3.05, 3.63) is 42.0 Å². The summed E-state index contributed by atoms with van der Waals surface area (Å²) in [6.07, 6.45) is 1.90. The van der Waals surface area contributed by atoms with Gasteiger partial charge in [-0.25, -0.2) is 0 Å². The van der Waals surface area contributed by atoms with Crippen LogP contribution in [-0.4, -0.2) is 18.3 Å². The first-order valence-electron chi connectivity index (χ1n) is 5.63. The fourth-order valence-corrected chi connectivity index (χ4v) is 1.62. The maximum atomic E-state index is 9.87. The Kier molecular flexibility index (Phi) is 5.06. The van der Waals surface area contributed by atoms with Crippen molar-refractivity contribution in [2.24, 2.45) is 0 Å². The van der Waals surface area contributed by atoms with E-state index in [1.165, 1.54) is 0 Å². The first-order chi connectivity index (χ1) is 7.65. The van der Waals surface area contributed by atoms with Crippen LogP contribution in [0.4, 0.5) is 0 Å². The quantitative estimate of drug-likeness (QED) is 0.747. The van der Waals surface area contributed by atoms with Gasteiger partial charge >= 0.3 is 0 Å². The van der Waals surface area contributed by atoms with Crippen LogP contribution in [0.3, 0.4) is 0 Å². The number of aliphatic hydroxyl groups is 1. The van der Waals surface area contributed by atoms with Crippen molar-refractivity contribution in [1.29, 1.82) is 0 Å². The molecule has 88 valence electrons. The fourth-order valence-electron chi connectivity index (χ4n) is 1.62. The van der Waals surface area contributed by atoms with E-state index in [0.29, 0.717) is 12.8 Å². The zero-order valence-electron chi connectivity index (χ0n) is 10.1. The van der Waals surface area contributed by atoms with Crippen LogP contribution in [0, 0.1) is 0 Å². The Morgan fingerprint density at radius 3 is 2.88 bits per heavy atom. The molecule has 0 aliphatic rings. The minimum atomic E-state index is -0.348. The zero-order chi connectivity index (χ0) is 12.0. The molecular formula is C14H20O2. The minimum absolute atomic E-state index is 0.348. The number of benzene rings is 1. The summed E-state index contributed by atoms with van der Waals surface area (Å²) in [5.41, 5.74) is 2.19. The lowest BCUT2D eigenvalue weighted by molar-refractivity contribution is 0.174. The molecule has 0 spiro atoms. The zero-order valence-corrected chi connectivity index (χ0v) is 10.1. The second kappa shape index (κ2) is 6.33. The first-order valence-corrected chi connectivity index (χ1v) is 5.63. The minimum Gasteiger partial charge on any atom is -0.497 e. The summed E-state index contributed by atoms with van der Waals surface area (Å²) in [5, 5.41) is 9.87. The maximum absolute atomic E-state index is 9.87. The van der Waals surface area contributed by atoms with Gasteiger partial charge in [0.15, 0.2) is 0 Å². The molecule has 0 heterocycles. The van der Waals surface area contributed by atoms with Crippen molar-refractivity contribution in [3.63, 3.8) is 0 Å². The second-order valence-corrected chi connectivity index (χ2v) is 4.02. The van der Waals surface area contributed by atoms with Gasteiger partial charge in [-0.2, -0.15) is 0 Å². The molecule has 2 heteroatoms. The molecule has 0 radical (unpaired) electrons. The van der Waals surface area contributed by atoms with Crippen molar-refractivity contribution >= 4 is 0 Å². The summed E-state index contributed by atoms with van der Waals surface area (Å²) in [6.45, 7) is 5.96. The molecule has 1 rings (SSSR count). The Hall–Kier alpha value is -1.28. The highest BCUT2D eigenvalue weighted by Gasteiger charge is 2.07. The van der Waals surface area contributed by atoms with Gasteiger partial charge in [-0.1, -0.05) is 31.2 Å². The van der Waals surface area contributed by atoms with Crippen LogP contribution in [-0.2, 0) is 6.42 Å². The second-order valence-electron chi connectivity index (χ2n) is 4.02. The lowest BCUT2D eigenvalue weighted by atomic mass is 10.0. The predicted molar refractivity (Wildman–Crippen MR) is 66.8 cm³/mol. The van der Waals surface area contributed by atoms with Gasteiger partial charge in [-0.3, -0.25) is 0 Å². The molecule has 0 aromatic heterocycles. The van der Waals surface area contributed by atoms with Gasteiger partial charge in [0.1, 0.15) is 5.75 Å². The summed E-state index contributed by atoms with van der Waals surface area (Å²) in [4.78, 5) is 0. The summed E-state index contributed by atoms with van der Waals surface area (Å²) >= 11 is 0. The molecule has 0 fully saturated rings. The van der Waals surface area contributed by atoms with Crippen LogP contribution in [0.2, 0.25) is 0 Å². The van der Waals surface area contributed by atoms with Gasteiger partial charge < -0.3 is 9.84 Å². The van der Waals surface area contributed by atoms with E-state index in [1.54, 1.807) is 7.11 Å². The predicted octanol–water partition coefficient (Wildman–Crippen LogP) is 2.95. The third-order valence-electron chi connectivity index (χ3n) is 2.63. The number of rotatable bonds is 6. The van der Waals surface area contributed by atoms with Gasteiger partial charge in [0, 0.05) is 0 Å². The summed E-state index contributed by atoms with van der Waals surface area (Å²) in [7, 11) is 1.65. The van der Waals surface area contributed by atoms with Gasteiger partial charge in [0.05, 0.1) is 13.2 Å². The molecule has 0 aliphatic heterocycles. The molecule has 0 bridgehead atoms. The van der Waals surface area contributed by atoms with Crippen molar-refractivity contribution < 1.29 is 9.84 Å². The Morgan fingerprint density at radius 2 is 2.25 bits per heavy atom. The highest BCUT2D eigenvalue weighted by molar-refractivity contribution is 5.28. The van der Waals surface area contributed by atoms with E-state index < -0.39 is 0 Å². The number of hydrogen-bond donors (Lipinski definition) is 1. The van der Waals surface area contributed by atoms with Gasteiger partial charge in [0.2, 0.25) is 0 Å². The Balaban J connectivity index is 2.55. The Bertz CT molecular complexity index is 344. The first kappa shape index (κ1) is 12.8. The Morgan fingerprint density at radius 1 is 1.50 bits per heavy atom. The molecule has 2 nitrogen and oxygen atoms in total. The molecule has 1 aromatic carbocycles. The number of methoxy groups -OCH3 is 1. The monoisotopic (exact) mass is 220 g/mol. The number of aliphatic hydroxyl groups excluding tert-OH is 1. The van der Waals surface area contributed by atoms with Crippen LogP contribution in [0.1, 0.15) is 25.3 Å². The molecule has 1 unspecified atom stereocenters. The number of ether oxygens (including phenoxy) is 1. The third kappa shape index (κ3) is 4.07. The van der Waals surface area contributed by atoms with Crippen molar-refractivity contribution in [2.75, 3.05) is 7.11 Å². The number of hydrogen-bond acceptors (Lipinski definition) is 2. The molecule has 0 saturated heterocycles. The summed E-state index contributed by atoms with van der Waals surface area (Å²) in [5.74, 6) is 0.832. The van der Waals surface area contributed by atoms with E-state index >= 15 is 0 Å². The lowest BCUT2D eigenvalue weighted by Gasteiger charge is -2.12. The molecule has 1 atom stereocenters. The summed E-state index contributed by atoms with van der Waals surface area (Å²) < 4.78 is 5.14. The molecule has 0 aliphatic carbocycles. The largest absolute Gasteiger partial charge is 0.497 e. The summed E-state index contributed by atoms with van der Waals surface area (Å²) in [6, 6.07) is 7.80. The lowest BCUT2D eigenvalue weighted by Crippen LogP contribution is -2.11. The van der Waals surface area contributed by atoms with Crippen LogP contribution in [0.25, 0.3) is 0 Å². The van der Waals surface area contributed by atoms with Crippen LogP contribution in [0.15, 0.2) is 36.4 Å². The van der Waals surface area contributed by atoms with Crippen molar-refractivity contribution in [2.45, 2.75) is 32.3 Å². The van der Waals surface area contributed by atoms with Crippen LogP contribution >= 0.6 is 0 Å². The van der Waals surface area contributed by atoms with Crippen LogP contribution in [0.5, 0.6) is 5.75 Å². The van der Waals surface area contributed by atoms with E-state index in [-0.39, 0.29) is 6.10 Å². The van der Waals surface area contributed by atoms with Crippen molar-refractivity contribution in [3.8, 4) is 5.75 Å². The average molecular weight is 220 g/mol. The molecule has 0 amide bonds. The standard InChI is InChI=1S/C14H20O2/c1-4-11(2)8-13(15)9-12-6-5-7-14(10-12)16-3/h5-7,10,13,15H,2,4,8-9H2,1,3H3. The molecule has 1 aromatic rings. The smallest absolute Gasteiger partial charge is 0.119 e. The van der Waals surface area contributed by atoms with Gasteiger partial charge in [0.25, 0.3) is 0 Å². The van der Waals surface area contributed by atoms with E-state index in [0.717, 1.165) is 23.3 Å². The van der Waals surface area contributed by atoms with Crippen LogP contribution < -0.4 is 4.74 Å². The molecule has 1 N–H and O–H groups in total. The van der Waals surface area contributed by atoms with E-state index in [1.807, 2.05) is 24.3 Å². The Labute approximate surface area is 97.6 Å². The molecular weight excluding hydrogens is 200 g/mol. The topological polar surface area (TPSA) is 29.5 Å². The molecule has 16 heavy (non-hydrogen) atoms. The van der Waals surface area contributed by atoms with E-state index in [2.05, 4.69) is 13.5 Å². The molecule has 0 saturated carbocycles. The normalized spacial score (nSPS) is 12.2. The van der Waals surface area contributed by atoms with E-state index in [4.69, 9.17) is 4.74 Å². The SMILES string of the molecule is C=C(CC)CC(O)Cc1cccc(OC)c1. The van der Waals surface area contributed by atoms with Gasteiger partial charge in [-0.15, -0.1) is 0 Å².